The summed E-state index contributed by atoms with van der Waals surface area (Å²) in [6, 6.07) is 6.27. The van der Waals surface area contributed by atoms with Gasteiger partial charge in [-0.25, -0.2) is 0 Å². The quantitative estimate of drug-likeness (QED) is 0.866. The fraction of sp³-hybridized carbons (Fsp3) is 0.625. The van der Waals surface area contributed by atoms with Crippen LogP contribution < -0.4 is 4.74 Å². The van der Waals surface area contributed by atoms with Crippen LogP contribution in [0.5, 0.6) is 5.75 Å². The Morgan fingerprint density at radius 1 is 1.17 bits per heavy atom. The molecule has 2 heteroatoms. The molecular formula is C16H20O2. The summed E-state index contributed by atoms with van der Waals surface area (Å²) < 4.78 is 5.82. The molecule has 3 atom stereocenters. The van der Waals surface area contributed by atoms with Gasteiger partial charge in [0, 0.05) is 5.56 Å². The maximum Gasteiger partial charge on any atom is 0.128 e. The fourth-order valence-electron chi connectivity index (χ4n) is 4.20. The number of benzene rings is 1. The van der Waals surface area contributed by atoms with Crippen molar-refractivity contribution in [2.75, 3.05) is 6.61 Å². The lowest BCUT2D eigenvalue weighted by Crippen LogP contribution is -2.13. The van der Waals surface area contributed by atoms with Crippen LogP contribution in [0.2, 0.25) is 0 Å². The van der Waals surface area contributed by atoms with E-state index in [4.69, 9.17) is 4.74 Å². The van der Waals surface area contributed by atoms with E-state index < -0.39 is 0 Å². The Kier molecular flexibility index (Phi) is 2.41. The first-order valence-electron chi connectivity index (χ1n) is 7.29. The van der Waals surface area contributed by atoms with Gasteiger partial charge in [0.15, 0.2) is 0 Å². The van der Waals surface area contributed by atoms with Crippen LogP contribution in [0.25, 0.3) is 0 Å². The summed E-state index contributed by atoms with van der Waals surface area (Å²) in [5, 5.41) is 10.6. The van der Waals surface area contributed by atoms with E-state index in [0.717, 1.165) is 42.6 Å². The Bertz CT molecular complexity index is 458. The number of aliphatic hydroxyl groups is 1. The van der Waals surface area contributed by atoms with E-state index in [9.17, 15) is 5.11 Å². The maximum atomic E-state index is 10.6. The third kappa shape index (κ3) is 1.51. The molecule has 0 spiro atoms. The van der Waals surface area contributed by atoms with Crippen LogP contribution >= 0.6 is 0 Å². The molecule has 0 bridgehead atoms. The van der Waals surface area contributed by atoms with Crippen LogP contribution in [0, 0.1) is 17.8 Å². The molecule has 4 rings (SSSR count). The van der Waals surface area contributed by atoms with Gasteiger partial charge >= 0.3 is 0 Å². The first-order chi connectivity index (χ1) is 8.86. The molecule has 2 aliphatic carbocycles. The Hall–Kier alpha value is -1.02. The third-order valence-corrected chi connectivity index (χ3v) is 5.12. The molecule has 1 heterocycles. The summed E-state index contributed by atoms with van der Waals surface area (Å²) in [6.07, 6.45) is 5.90. The van der Waals surface area contributed by atoms with Gasteiger partial charge in [-0.15, -0.1) is 0 Å². The van der Waals surface area contributed by atoms with Gasteiger partial charge in [0.05, 0.1) is 12.7 Å². The predicted molar refractivity (Wildman–Crippen MR) is 69.5 cm³/mol. The van der Waals surface area contributed by atoms with Gasteiger partial charge < -0.3 is 9.84 Å². The monoisotopic (exact) mass is 244 g/mol. The van der Waals surface area contributed by atoms with Crippen LogP contribution in [-0.4, -0.2) is 11.7 Å². The molecular weight excluding hydrogens is 224 g/mol. The Morgan fingerprint density at radius 3 is 2.83 bits per heavy atom. The minimum Gasteiger partial charge on any atom is -0.493 e. The molecule has 2 saturated carbocycles. The van der Waals surface area contributed by atoms with E-state index in [1.54, 1.807) is 0 Å². The molecule has 0 radical (unpaired) electrons. The highest BCUT2D eigenvalue weighted by Crippen LogP contribution is 2.62. The van der Waals surface area contributed by atoms with Crippen molar-refractivity contribution < 1.29 is 9.84 Å². The van der Waals surface area contributed by atoms with Crippen molar-refractivity contribution in [2.24, 2.45) is 17.8 Å². The minimum atomic E-state index is -0.298. The van der Waals surface area contributed by atoms with Gasteiger partial charge in [0.25, 0.3) is 0 Å². The number of fused-ring (bicyclic) bond motifs is 2. The number of hydrogen-bond acceptors (Lipinski definition) is 2. The lowest BCUT2D eigenvalue weighted by Gasteiger charge is -2.23. The van der Waals surface area contributed by atoms with Gasteiger partial charge in [-0.3, -0.25) is 0 Å². The van der Waals surface area contributed by atoms with Crippen molar-refractivity contribution in [3.63, 3.8) is 0 Å². The molecule has 1 N–H and O–H groups in total. The lowest BCUT2D eigenvalue weighted by molar-refractivity contribution is 0.131. The lowest BCUT2D eigenvalue weighted by atomic mass is 9.94. The van der Waals surface area contributed by atoms with Crippen LogP contribution in [0.3, 0.4) is 0 Å². The number of aryl methyl sites for hydroxylation is 1. The van der Waals surface area contributed by atoms with Crippen LogP contribution in [0.15, 0.2) is 18.2 Å². The minimum absolute atomic E-state index is 0.298. The molecule has 0 amide bonds. The van der Waals surface area contributed by atoms with Crippen LogP contribution in [-0.2, 0) is 6.42 Å². The Labute approximate surface area is 108 Å². The van der Waals surface area contributed by atoms with E-state index in [1.807, 2.05) is 0 Å². The molecule has 2 fully saturated rings. The zero-order chi connectivity index (χ0) is 12.1. The maximum absolute atomic E-state index is 10.6. The molecule has 2 nitrogen and oxygen atoms in total. The normalized spacial score (nSPS) is 34.4. The second-order valence-corrected chi connectivity index (χ2v) is 6.07. The van der Waals surface area contributed by atoms with Gasteiger partial charge in [0.1, 0.15) is 5.75 Å². The number of aliphatic hydroxyl groups excluding tert-OH is 1. The summed E-state index contributed by atoms with van der Waals surface area (Å²) in [6.45, 7) is 0.800. The van der Waals surface area contributed by atoms with Crippen molar-refractivity contribution in [3.8, 4) is 5.75 Å². The third-order valence-electron chi connectivity index (χ3n) is 5.12. The highest BCUT2D eigenvalue weighted by molar-refractivity contribution is 5.44. The van der Waals surface area contributed by atoms with Crippen molar-refractivity contribution in [1.82, 2.24) is 0 Å². The molecule has 0 aromatic heterocycles. The average molecular weight is 244 g/mol. The standard InChI is InChI=1S/C16H20O2/c17-15(14-11-6-2-7-12(11)14)13-8-1-4-10-5-3-9-18-16(10)13/h1,4,8,11-12,14-15,17H,2-3,5-7,9H2. The van der Waals surface area contributed by atoms with Gasteiger partial charge in [-0.2, -0.15) is 0 Å². The van der Waals surface area contributed by atoms with Crippen molar-refractivity contribution in [3.05, 3.63) is 29.3 Å². The first kappa shape index (κ1) is 10.9. The highest BCUT2D eigenvalue weighted by Gasteiger charge is 2.56. The average Bonchev–Trinajstić information content (AvgIpc) is 2.90. The highest BCUT2D eigenvalue weighted by atomic mass is 16.5. The predicted octanol–water partition coefficient (Wildman–Crippen LogP) is 3.09. The zero-order valence-electron chi connectivity index (χ0n) is 10.6. The first-order valence-corrected chi connectivity index (χ1v) is 7.29. The SMILES string of the molecule is OC(c1cccc2c1OCCC2)C1C2CCCC21. The summed E-state index contributed by atoms with van der Waals surface area (Å²) in [5.74, 6) is 3.08. The van der Waals surface area contributed by atoms with Gasteiger partial charge in [0.2, 0.25) is 0 Å². The van der Waals surface area contributed by atoms with Crippen LogP contribution in [0.1, 0.15) is 42.9 Å². The number of para-hydroxylation sites is 1. The molecule has 96 valence electrons. The fourth-order valence-corrected chi connectivity index (χ4v) is 4.20. The molecule has 18 heavy (non-hydrogen) atoms. The molecule has 0 saturated heterocycles. The number of rotatable bonds is 2. The van der Waals surface area contributed by atoms with E-state index in [2.05, 4.69) is 18.2 Å². The van der Waals surface area contributed by atoms with Gasteiger partial charge in [-0.05, 0) is 49.0 Å². The van der Waals surface area contributed by atoms with Crippen molar-refractivity contribution in [2.45, 2.75) is 38.2 Å². The summed E-state index contributed by atoms with van der Waals surface area (Å²) in [4.78, 5) is 0. The molecule has 3 aliphatic rings. The summed E-state index contributed by atoms with van der Waals surface area (Å²) in [5.41, 5.74) is 2.33. The Balaban J connectivity index is 1.64. The van der Waals surface area contributed by atoms with Crippen molar-refractivity contribution >= 4 is 0 Å². The summed E-state index contributed by atoms with van der Waals surface area (Å²) in [7, 11) is 0. The van der Waals surface area contributed by atoms with Crippen LogP contribution in [0.4, 0.5) is 0 Å². The van der Waals surface area contributed by atoms with E-state index in [-0.39, 0.29) is 6.10 Å². The summed E-state index contributed by atoms with van der Waals surface area (Å²) >= 11 is 0. The second-order valence-electron chi connectivity index (χ2n) is 6.07. The van der Waals surface area contributed by atoms with E-state index >= 15 is 0 Å². The molecule has 1 aromatic rings. The van der Waals surface area contributed by atoms with E-state index in [0.29, 0.717) is 5.92 Å². The largest absolute Gasteiger partial charge is 0.493 e. The topological polar surface area (TPSA) is 29.5 Å². The molecule has 3 unspecified atom stereocenters. The molecule has 1 aliphatic heterocycles. The zero-order valence-corrected chi connectivity index (χ0v) is 10.6. The van der Waals surface area contributed by atoms with Gasteiger partial charge in [-0.1, -0.05) is 24.6 Å². The number of ether oxygens (including phenoxy) is 1. The molecule has 1 aromatic carbocycles. The second kappa shape index (κ2) is 3.99. The van der Waals surface area contributed by atoms with Crippen molar-refractivity contribution in [1.29, 1.82) is 0 Å². The smallest absolute Gasteiger partial charge is 0.128 e. The Morgan fingerprint density at radius 2 is 2.00 bits per heavy atom. The van der Waals surface area contributed by atoms with E-state index in [1.165, 1.54) is 24.8 Å². The number of hydrogen-bond donors (Lipinski definition) is 1.